The van der Waals surface area contributed by atoms with E-state index in [0.29, 0.717) is 32.0 Å². The maximum atomic E-state index is 14.1. The molecule has 1 amide bonds. The van der Waals surface area contributed by atoms with Gasteiger partial charge in [0.05, 0.1) is 5.69 Å². The molecular formula is C17H15F3N2O3S. The molecule has 138 valence electrons. The number of carbonyl (C=O) groups excluding carboxylic acids is 1. The Hall–Kier alpha value is -2.39. The smallest absolute Gasteiger partial charge is 0.255 e. The molecule has 1 N–H and O–H groups in total. The average molecular weight is 384 g/mol. The minimum absolute atomic E-state index is 0.159. The van der Waals surface area contributed by atoms with Crippen LogP contribution in [0, 0.1) is 17.5 Å². The third kappa shape index (κ3) is 3.58. The van der Waals surface area contributed by atoms with Crippen LogP contribution in [0.5, 0.6) is 0 Å². The van der Waals surface area contributed by atoms with E-state index in [1.54, 1.807) is 0 Å². The molecule has 9 heteroatoms. The molecule has 1 fully saturated rings. The van der Waals surface area contributed by atoms with Gasteiger partial charge in [0.2, 0.25) is 10.0 Å². The second-order valence-corrected chi connectivity index (χ2v) is 7.74. The molecule has 0 unspecified atom stereocenters. The van der Waals surface area contributed by atoms with E-state index in [9.17, 15) is 26.4 Å². The molecule has 0 radical (unpaired) electrons. The van der Waals surface area contributed by atoms with E-state index in [0.717, 1.165) is 34.6 Å². The summed E-state index contributed by atoms with van der Waals surface area (Å²) in [6, 6.07) is 5.48. The van der Waals surface area contributed by atoms with Crippen LogP contribution in [-0.2, 0) is 10.0 Å². The van der Waals surface area contributed by atoms with Crippen molar-refractivity contribution in [3.8, 4) is 0 Å². The second kappa shape index (κ2) is 7.08. The number of sulfonamides is 1. The van der Waals surface area contributed by atoms with Crippen molar-refractivity contribution in [3.63, 3.8) is 0 Å². The summed E-state index contributed by atoms with van der Waals surface area (Å²) < 4.78 is 66.9. The van der Waals surface area contributed by atoms with Crippen molar-refractivity contribution in [2.45, 2.75) is 17.7 Å². The quantitative estimate of drug-likeness (QED) is 0.881. The first kappa shape index (κ1) is 18.4. The number of benzene rings is 2. The first-order valence-corrected chi connectivity index (χ1v) is 9.29. The fraction of sp³-hybridized carbons (Fsp3) is 0.235. The largest absolute Gasteiger partial charge is 0.319 e. The maximum Gasteiger partial charge on any atom is 0.255 e. The molecule has 3 rings (SSSR count). The van der Waals surface area contributed by atoms with Gasteiger partial charge in [-0.1, -0.05) is 0 Å². The first-order chi connectivity index (χ1) is 12.3. The summed E-state index contributed by atoms with van der Waals surface area (Å²) in [7, 11) is -4.06. The highest BCUT2D eigenvalue weighted by atomic mass is 32.2. The molecule has 0 saturated carbocycles. The molecule has 26 heavy (non-hydrogen) atoms. The Labute approximate surface area is 148 Å². The van der Waals surface area contributed by atoms with E-state index in [1.165, 1.54) is 0 Å². The predicted molar refractivity (Wildman–Crippen MR) is 88.7 cm³/mol. The van der Waals surface area contributed by atoms with Gasteiger partial charge in [-0.05, 0) is 43.2 Å². The summed E-state index contributed by atoms with van der Waals surface area (Å²) in [5.41, 5.74) is -0.433. The van der Waals surface area contributed by atoms with Crippen molar-refractivity contribution < 1.29 is 26.4 Å². The molecule has 0 aromatic heterocycles. The van der Waals surface area contributed by atoms with Crippen molar-refractivity contribution in [3.05, 3.63) is 59.4 Å². The predicted octanol–water partition coefficient (Wildman–Crippen LogP) is 3.14. The molecule has 2 aromatic carbocycles. The van der Waals surface area contributed by atoms with Gasteiger partial charge >= 0.3 is 0 Å². The van der Waals surface area contributed by atoms with Gasteiger partial charge in [-0.2, -0.15) is 4.31 Å². The number of anilines is 1. The van der Waals surface area contributed by atoms with Crippen LogP contribution < -0.4 is 5.32 Å². The van der Waals surface area contributed by atoms with Gasteiger partial charge in [0.25, 0.3) is 5.91 Å². The minimum Gasteiger partial charge on any atom is -0.319 e. The SMILES string of the molecule is O=C(Nc1ccc(F)cc1F)c1ccc(F)c(S(=O)(=O)N2CCCC2)c1. The van der Waals surface area contributed by atoms with Crippen molar-refractivity contribution >= 4 is 21.6 Å². The average Bonchev–Trinajstić information content (AvgIpc) is 3.13. The molecule has 1 aliphatic rings. The highest BCUT2D eigenvalue weighted by Gasteiger charge is 2.30. The van der Waals surface area contributed by atoms with E-state index in [1.807, 2.05) is 0 Å². The third-order valence-electron chi connectivity index (χ3n) is 4.06. The number of hydrogen-bond acceptors (Lipinski definition) is 3. The van der Waals surface area contributed by atoms with E-state index in [2.05, 4.69) is 5.32 Å². The monoisotopic (exact) mass is 384 g/mol. The van der Waals surface area contributed by atoms with E-state index >= 15 is 0 Å². The maximum absolute atomic E-state index is 14.1. The van der Waals surface area contributed by atoms with Crippen molar-refractivity contribution in [2.75, 3.05) is 18.4 Å². The number of rotatable bonds is 4. The highest BCUT2D eigenvalue weighted by Crippen LogP contribution is 2.25. The molecule has 1 aliphatic heterocycles. The Balaban J connectivity index is 1.90. The second-order valence-electron chi connectivity index (χ2n) is 5.83. The lowest BCUT2D eigenvalue weighted by Gasteiger charge is -2.16. The van der Waals surface area contributed by atoms with Crippen LogP contribution in [0.1, 0.15) is 23.2 Å². The number of nitrogens with one attached hydrogen (secondary N) is 1. The zero-order chi connectivity index (χ0) is 18.9. The van der Waals surface area contributed by atoms with Gasteiger partial charge in [0.1, 0.15) is 22.3 Å². The summed E-state index contributed by atoms with van der Waals surface area (Å²) in [5, 5.41) is 2.21. The zero-order valence-corrected chi connectivity index (χ0v) is 14.3. The van der Waals surface area contributed by atoms with Crippen LogP contribution in [0.3, 0.4) is 0 Å². The Bertz CT molecular complexity index is 958. The normalized spacial score (nSPS) is 15.2. The van der Waals surface area contributed by atoms with Gasteiger partial charge < -0.3 is 5.32 Å². The van der Waals surface area contributed by atoms with Crippen LogP contribution in [0.2, 0.25) is 0 Å². The highest BCUT2D eigenvalue weighted by molar-refractivity contribution is 7.89. The molecule has 0 atom stereocenters. The standard InChI is InChI=1S/C17H15F3N2O3S/c18-12-4-6-15(14(20)10-12)21-17(23)11-3-5-13(19)16(9-11)26(24,25)22-7-1-2-8-22/h3-6,9-10H,1-2,7-8H2,(H,21,23). The van der Waals surface area contributed by atoms with Crippen LogP contribution in [0.15, 0.2) is 41.3 Å². The molecule has 5 nitrogen and oxygen atoms in total. The zero-order valence-electron chi connectivity index (χ0n) is 13.5. The van der Waals surface area contributed by atoms with Crippen LogP contribution >= 0.6 is 0 Å². The fourth-order valence-electron chi connectivity index (χ4n) is 2.70. The number of nitrogens with zero attached hydrogens (tertiary/aromatic N) is 1. The van der Waals surface area contributed by atoms with Gasteiger partial charge in [0.15, 0.2) is 0 Å². The number of carbonyl (C=O) groups is 1. The number of amides is 1. The molecule has 2 aromatic rings. The Morgan fingerprint density at radius 2 is 1.65 bits per heavy atom. The summed E-state index contributed by atoms with van der Waals surface area (Å²) >= 11 is 0. The topological polar surface area (TPSA) is 66.5 Å². The van der Waals surface area contributed by atoms with Gasteiger partial charge in [-0.15, -0.1) is 0 Å². The molecule has 0 bridgehead atoms. The number of halogens is 3. The Morgan fingerprint density at radius 1 is 0.962 bits per heavy atom. The summed E-state index contributed by atoms with van der Waals surface area (Å²) in [6.45, 7) is 0.581. The number of hydrogen-bond donors (Lipinski definition) is 1. The van der Waals surface area contributed by atoms with Crippen molar-refractivity contribution in [2.24, 2.45) is 0 Å². The summed E-state index contributed by atoms with van der Waals surface area (Å²) in [5.74, 6) is -3.60. The minimum atomic E-state index is -4.06. The van der Waals surface area contributed by atoms with Gasteiger partial charge in [-0.3, -0.25) is 4.79 Å². The lowest BCUT2D eigenvalue weighted by Crippen LogP contribution is -2.29. The third-order valence-corrected chi connectivity index (χ3v) is 5.97. The van der Waals surface area contributed by atoms with Crippen LogP contribution in [0.25, 0.3) is 0 Å². The van der Waals surface area contributed by atoms with Crippen molar-refractivity contribution in [1.29, 1.82) is 0 Å². The lowest BCUT2D eigenvalue weighted by atomic mass is 10.2. The van der Waals surface area contributed by atoms with Crippen LogP contribution in [-0.4, -0.2) is 31.7 Å². The molecule has 1 heterocycles. The Kier molecular flexibility index (Phi) is 5.01. The fourth-order valence-corrected chi connectivity index (χ4v) is 4.30. The first-order valence-electron chi connectivity index (χ1n) is 7.85. The summed E-state index contributed by atoms with van der Waals surface area (Å²) in [4.78, 5) is 11.7. The Morgan fingerprint density at radius 3 is 2.31 bits per heavy atom. The molecule has 0 spiro atoms. The molecule has 1 saturated heterocycles. The van der Waals surface area contributed by atoms with E-state index in [-0.39, 0.29) is 11.3 Å². The van der Waals surface area contributed by atoms with Crippen molar-refractivity contribution in [1.82, 2.24) is 4.31 Å². The van der Waals surface area contributed by atoms with Crippen LogP contribution in [0.4, 0.5) is 18.9 Å². The molecule has 0 aliphatic carbocycles. The van der Waals surface area contributed by atoms with Gasteiger partial charge in [0, 0.05) is 24.7 Å². The lowest BCUT2D eigenvalue weighted by molar-refractivity contribution is 0.102. The van der Waals surface area contributed by atoms with Gasteiger partial charge in [-0.25, -0.2) is 21.6 Å². The summed E-state index contributed by atoms with van der Waals surface area (Å²) in [6.07, 6.45) is 1.37. The van der Waals surface area contributed by atoms with E-state index < -0.39 is 38.3 Å². The molecular weight excluding hydrogens is 369 g/mol. The van der Waals surface area contributed by atoms with E-state index in [4.69, 9.17) is 0 Å².